The third-order valence-electron chi connectivity index (χ3n) is 5.95. The summed E-state index contributed by atoms with van der Waals surface area (Å²) < 4.78 is 16.1. The van der Waals surface area contributed by atoms with Gasteiger partial charge in [-0.15, -0.1) is 0 Å². The summed E-state index contributed by atoms with van der Waals surface area (Å²) in [7, 11) is 2.30. The van der Waals surface area contributed by atoms with Crippen molar-refractivity contribution < 1.29 is 28.6 Å². The number of nitrogens with zero attached hydrogens (tertiary/aromatic N) is 2. The molecule has 31 heavy (non-hydrogen) atoms. The van der Waals surface area contributed by atoms with Crippen molar-refractivity contribution in [1.82, 2.24) is 4.90 Å². The van der Waals surface area contributed by atoms with Gasteiger partial charge in [0.1, 0.15) is 17.3 Å². The maximum absolute atomic E-state index is 14.0. The first kappa shape index (κ1) is 20.5. The minimum Gasteiger partial charge on any atom is -0.466 e. The molecule has 0 amide bonds. The minimum absolute atomic E-state index is 0.0254. The topological polar surface area (TPSA) is 132 Å². The SMILES string of the molecule is COC(=O)C1=C(C(=O)OC)[C@]23C(=O)c4ccccc4[C@]2(OC(N)=C3C#N)N1CC(C)C. The molecule has 0 saturated carbocycles. The summed E-state index contributed by atoms with van der Waals surface area (Å²) in [5, 5.41) is 10.0. The van der Waals surface area contributed by atoms with Crippen molar-refractivity contribution in [3.05, 3.63) is 58.1 Å². The van der Waals surface area contributed by atoms with Gasteiger partial charge < -0.3 is 24.8 Å². The van der Waals surface area contributed by atoms with Gasteiger partial charge in [0.05, 0.1) is 19.8 Å². The average Bonchev–Trinajstić information content (AvgIpc) is 3.24. The minimum atomic E-state index is -1.99. The number of esters is 2. The Balaban J connectivity index is 2.22. The van der Waals surface area contributed by atoms with E-state index in [0.29, 0.717) is 5.56 Å². The highest BCUT2D eigenvalue weighted by Gasteiger charge is 2.81. The molecule has 1 aromatic carbocycles. The van der Waals surface area contributed by atoms with Crippen LogP contribution < -0.4 is 5.73 Å². The highest BCUT2D eigenvalue weighted by Crippen LogP contribution is 2.70. The van der Waals surface area contributed by atoms with Crippen molar-refractivity contribution in [2.45, 2.75) is 19.6 Å². The monoisotopic (exact) mass is 423 g/mol. The fourth-order valence-electron chi connectivity index (χ4n) is 5.01. The molecular formula is C22H21N3O6. The van der Waals surface area contributed by atoms with Gasteiger partial charge in [-0.1, -0.05) is 38.1 Å². The number of hydrogen-bond acceptors (Lipinski definition) is 9. The predicted octanol–water partition coefficient (Wildman–Crippen LogP) is 1.32. The van der Waals surface area contributed by atoms with Crippen LogP contribution in [0.3, 0.4) is 0 Å². The molecule has 0 saturated heterocycles. The fourth-order valence-corrected chi connectivity index (χ4v) is 5.01. The maximum Gasteiger partial charge on any atom is 0.355 e. The van der Waals surface area contributed by atoms with Gasteiger partial charge in [-0.3, -0.25) is 4.79 Å². The lowest BCUT2D eigenvalue weighted by atomic mass is 9.68. The summed E-state index contributed by atoms with van der Waals surface area (Å²) in [5.74, 6) is -2.65. The Hall–Kier alpha value is -3.80. The van der Waals surface area contributed by atoms with Crippen LogP contribution >= 0.6 is 0 Å². The number of benzene rings is 1. The van der Waals surface area contributed by atoms with E-state index in [9.17, 15) is 19.6 Å². The molecule has 9 nitrogen and oxygen atoms in total. The van der Waals surface area contributed by atoms with Gasteiger partial charge in [0.2, 0.25) is 11.6 Å². The van der Waals surface area contributed by atoms with Crippen LogP contribution in [-0.4, -0.2) is 43.4 Å². The molecule has 1 aromatic rings. The molecule has 2 heterocycles. The molecular weight excluding hydrogens is 402 g/mol. The molecule has 2 N–H and O–H groups in total. The summed E-state index contributed by atoms with van der Waals surface area (Å²) in [6.07, 6.45) is 0. The normalized spacial score (nSPS) is 25.8. The average molecular weight is 423 g/mol. The summed E-state index contributed by atoms with van der Waals surface area (Å²) in [5.41, 5.74) is 2.37. The van der Waals surface area contributed by atoms with Crippen LogP contribution in [0.5, 0.6) is 0 Å². The lowest BCUT2D eigenvalue weighted by Gasteiger charge is -2.42. The van der Waals surface area contributed by atoms with Gasteiger partial charge in [0.25, 0.3) is 0 Å². The lowest BCUT2D eigenvalue weighted by molar-refractivity contribution is -0.150. The number of nitriles is 1. The first-order valence-electron chi connectivity index (χ1n) is 9.66. The van der Waals surface area contributed by atoms with E-state index in [1.807, 2.05) is 19.9 Å². The number of hydrogen-bond donors (Lipinski definition) is 1. The van der Waals surface area contributed by atoms with E-state index in [2.05, 4.69) is 0 Å². The number of fused-ring (bicyclic) bond motifs is 1. The number of carbonyl (C=O) groups is 3. The molecule has 3 aliphatic rings. The van der Waals surface area contributed by atoms with Gasteiger partial charge in [-0.2, -0.15) is 5.26 Å². The number of ketones is 1. The molecule has 9 heteroatoms. The van der Waals surface area contributed by atoms with Crippen LogP contribution in [0.1, 0.15) is 29.8 Å². The van der Waals surface area contributed by atoms with Gasteiger partial charge >= 0.3 is 11.9 Å². The third kappa shape index (κ3) is 2.11. The van der Waals surface area contributed by atoms with Gasteiger partial charge in [0, 0.05) is 17.7 Å². The molecule has 0 spiro atoms. The van der Waals surface area contributed by atoms with Gasteiger partial charge in [-0.05, 0) is 5.92 Å². The molecule has 160 valence electrons. The van der Waals surface area contributed by atoms with Crippen molar-refractivity contribution in [2.24, 2.45) is 17.1 Å². The van der Waals surface area contributed by atoms with Crippen LogP contribution in [0, 0.1) is 22.7 Å². The molecule has 0 radical (unpaired) electrons. The van der Waals surface area contributed by atoms with Crippen molar-refractivity contribution in [3.63, 3.8) is 0 Å². The van der Waals surface area contributed by atoms with Crippen LogP contribution in [0.2, 0.25) is 0 Å². The Morgan fingerprint density at radius 1 is 1.23 bits per heavy atom. The Kier molecular flexibility index (Phi) is 4.36. The molecule has 0 bridgehead atoms. The first-order chi connectivity index (χ1) is 14.7. The number of rotatable bonds is 4. The zero-order valence-corrected chi connectivity index (χ0v) is 17.5. The zero-order valence-electron chi connectivity index (χ0n) is 17.5. The number of methoxy groups -OCH3 is 2. The van der Waals surface area contributed by atoms with Gasteiger partial charge in [0.15, 0.2) is 11.2 Å². The number of carbonyl (C=O) groups excluding carboxylic acids is 3. The number of nitrogens with two attached hydrogens (primary N) is 1. The van der Waals surface area contributed by atoms with Crippen LogP contribution in [0.25, 0.3) is 0 Å². The summed E-state index contributed by atoms with van der Waals surface area (Å²) in [6.45, 7) is 4.02. The highest BCUT2D eigenvalue weighted by atomic mass is 16.6. The summed E-state index contributed by atoms with van der Waals surface area (Å²) >= 11 is 0. The van der Waals surface area contributed by atoms with Crippen molar-refractivity contribution in [2.75, 3.05) is 20.8 Å². The van der Waals surface area contributed by atoms with Crippen molar-refractivity contribution in [3.8, 4) is 6.07 Å². The summed E-state index contributed by atoms with van der Waals surface area (Å²) in [4.78, 5) is 41.6. The van der Waals surface area contributed by atoms with Gasteiger partial charge in [-0.25, -0.2) is 9.59 Å². The Bertz CT molecular complexity index is 1140. The first-order valence-corrected chi connectivity index (χ1v) is 9.66. The standard InChI is InChI=1S/C22H21N3O6/c1-11(2)10-25-16(20(28)30-4)15(19(27)29-3)21-14(9-23)18(24)31-22(21,25)13-8-6-5-7-12(13)17(21)26/h5-8,11H,10,24H2,1-4H3/t21-,22-/m1/s1. The highest BCUT2D eigenvalue weighted by molar-refractivity contribution is 6.19. The van der Waals surface area contributed by atoms with E-state index in [1.54, 1.807) is 24.3 Å². The molecule has 0 unspecified atom stereocenters. The summed E-state index contributed by atoms with van der Waals surface area (Å²) in [6, 6.07) is 8.61. The molecule has 2 aliphatic heterocycles. The van der Waals surface area contributed by atoms with Crippen molar-refractivity contribution in [1.29, 1.82) is 5.26 Å². The van der Waals surface area contributed by atoms with E-state index in [0.717, 1.165) is 7.11 Å². The third-order valence-corrected chi connectivity index (χ3v) is 5.95. The second-order valence-electron chi connectivity index (χ2n) is 7.93. The van der Waals surface area contributed by atoms with E-state index in [1.165, 1.54) is 12.0 Å². The van der Waals surface area contributed by atoms with E-state index >= 15 is 0 Å². The number of Topliss-reactive ketones (excluding diaryl/α,β-unsaturated/α-hetero) is 1. The largest absolute Gasteiger partial charge is 0.466 e. The van der Waals surface area contributed by atoms with E-state index in [4.69, 9.17) is 19.9 Å². The fraction of sp³-hybridized carbons (Fsp3) is 0.364. The van der Waals surface area contributed by atoms with E-state index in [-0.39, 0.29) is 40.8 Å². The van der Waals surface area contributed by atoms with Crippen LogP contribution in [-0.2, 0) is 29.5 Å². The van der Waals surface area contributed by atoms with E-state index < -0.39 is 28.9 Å². The smallest absolute Gasteiger partial charge is 0.355 e. The number of ether oxygens (including phenoxy) is 3. The molecule has 4 rings (SSSR count). The molecule has 0 fully saturated rings. The van der Waals surface area contributed by atoms with Crippen LogP contribution in [0.4, 0.5) is 0 Å². The molecule has 1 aliphatic carbocycles. The Morgan fingerprint density at radius 3 is 2.45 bits per heavy atom. The maximum atomic E-state index is 14.0. The lowest BCUT2D eigenvalue weighted by Crippen LogP contribution is -2.53. The van der Waals surface area contributed by atoms with Crippen molar-refractivity contribution >= 4 is 17.7 Å². The second-order valence-corrected chi connectivity index (χ2v) is 7.93. The quantitative estimate of drug-likeness (QED) is 0.712. The molecule has 0 aromatic heterocycles. The molecule has 2 atom stereocenters. The Morgan fingerprint density at radius 2 is 1.87 bits per heavy atom. The Labute approximate surface area is 178 Å². The second kappa shape index (κ2) is 6.60. The zero-order chi connectivity index (χ0) is 22.7. The van der Waals surface area contributed by atoms with Crippen LogP contribution in [0.15, 0.2) is 47.0 Å². The predicted molar refractivity (Wildman–Crippen MR) is 105 cm³/mol.